The van der Waals surface area contributed by atoms with Gasteiger partial charge >= 0.3 is 0 Å². The van der Waals surface area contributed by atoms with E-state index in [1.807, 2.05) is 32.0 Å². The molecule has 2 aromatic carbocycles. The van der Waals surface area contributed by atoms with Crippen LogP contribution in [0, 0.1) is 0 Å². The molecule has 0 saturated carbocycles. The Balaban J connectivity index is 2.11. The van der Waals surface area contributed by atoms with E-state index in [-0.39, 0.29) is 12.0 Å². The van der Waals surface area contributed by atoms with Gasteiger partial charge in [-0.15, -0.1) is 0 Å². The second-order valence-electron chi connectivity index (χ2n) is 4.63. The summed E-state index contributed by atoms with van der Waals surface area (Å²) < 4.78 is 5.54. The van der Waals surface area contributed by atoms with Crippen LogP contribution < -0.4 is 10.1 Å². The first-order chi connectivity index (χ1) is 9.56. The SMILES string of the molecule is CC(C)Oc1ccc(NC(=O)c2ccccc2)cc1Cl. The van der Waals surface area contributed by atoms with Gasteiger partial charge < -0.3 is 10.1 Å². The summed E-state index contributed by atoms with van der Waals surface area (Å²) in [5.41, 5.74) is 1.24. The highest BCUT2D eigenvalue weighted by Crippen LogP contribution is 2.28. The summed E-state index contributed by atoms with van der Waals surface area (Å²) in [6, 6.07) is 14.2. The molecule has 104 valence electrons. The molecular formula is C16H16ClNO2. The van der Waals surface area contributed by atoms with E-state index in [2.05, 4.69) is 5.32 Å². The molecule has 0 aromatic heterocycles. The average Bonchev–Trinajstić information content (AvgIpc) is 2.42. The summed E-state index contributed by atoms with van der Waals surface area (Å²) in [5.74, 6) is 0.443. The summed E-state index contributed by atoms with van der Waals surface area (Å²) in [6.07, 6.45) is 0.0530. The molecule has 0 radical (unpaired) electrons. The number of amides is 1. The van der Waals surface area contributed by atoms with Crippen LogP contribution in [-0.2, 0) is 0 Å². The van der Waals surface area contributed by atoms with E-state index < -0.39 is 0 Å². The normalized spacial score (nSPS) is 10.4. The van der Waals surface area contributed by atoms with E-state index in [1.165, 1.54) is 0 Å². The smallest absolute Gasteiger partial charge is 0.255 e. The highest BCUT2D eigenvalue weighted by atomic mass is 35.5. The molecule has 1 amide bonds. The molecule has 0 atom stereocenters. The van der Waals surface area contributed by atoms with Crippen molar-refractivity contribution in [2.45, 2.75) is 20.0 Å². The highest BCUT2D eigenvalue weighted by molar-refractivity contribution is 6.32. The fourth-order valence-electron chi connectivity index (χ4n) is 1.72. The van der Waals surface area contributed by atoms with Crippen molar-refractivity contribution in [2.24, 2.45) is 0 Å². The van der Waals surface area contributed by atoms with Gasteiger partial charge in [-0.05, 0) is 44.2 Å². The fourth-order valence-corrected chi connectivity index (χ4v) is 1.95. The largest absolute Gasteiger partial charge is 0.489 e. The number of ether oxygens (including phenoxy) is 1. The average molecular weight is 290 g/mol. The van der Waals surface area contributed by atoms with Crippen molar-refractivity contribution in [1.82, 2.24) is 0 Å². The number of benzene rings is 2. The predicted octanol–water partition coefficient (Wildman–Crippen LogP) is 4.38. The van der Waals surface area contributed by atoms with Crippen LogP contribution in [-0.4, -0.2) is 12.0 Å². The summed E-state index contributed by atoms with van der Waals surface area (Å²) >= 11 is 6.13. The van der Waals surface area contributed by atoms with Crippen LogP contribution in [0.2, 0.25) is 5.02 Å². The van der Waals surface area contributed by atoms with Crippen LogP contribution >= 0.6 is 11.6 Å². The molecule has 4 heteroatoms. The number of rotatable bonds is 4. The predicted molar refractivity (Wildman–Crippen MR) is 81.6 cm³/mol. The topological polar surface area (TPSA) is 38.3 Å². The summed E-state index contributed by atoms with van der Waals surface area (Å²) in [4.78, 5) is 12.0. The van der Waals surface area contributed by atoms with E-state index in [9.17, 15) is 4.79 Å². The lowest BCUT2D eigenvalue weighted by atomic mass is 10.2. The van der Waals surface area contributed by atoms with Gasteiger partial charge in [0, 0.05) is 11.3 Å². The number of hydrogen-bond donors (Lipinski definition) is 1. The van der Waals surface area contributed by atoms with Crippen molar-refractivity contribution in [3.63, 3.8) is 0 Å². The Kier molecular flexibility index (Phi) is 4.64. The van der Waals surface area contributed by atoms with Crippen molar-refractivity contribution in [3.8, 4) is 5.75 Å². The molecule has 0 aliphatic heterocycles. The number of carbonyl (C=O) groups is 1. The zero-order chi connectivity index (χ0) is 14.5. The van der Waals surface area contributed by atoms with Crippen molar-refractivity contribution in [2.75, 3.05) is 5.32 Å². The summed E-state index contributed by atoms with van der Waals surface area (Å²) in [7, 11) is 0. The summed E-state index contributed by atoms with van der Waals surface area (Å²) in [6.45, 7) is 3.86. The van der Waals surface area contributed by atoms with Crippen molar-refractivity contribution in [1.29, 1.82) is 0 Å². The zero-order valence-electron chi connectivity index (χ0n) is 11.4. The van der Waals surface area contributed by atoms with Crippen LogP contribution in [0.1, 0.15) is 24.2 Å². The minimum Gasteiger partial charge on any atom is -0.489 e. The lowest BCUT2D eigenvalue weighted by Crippen LogP contribution is -2.12. The monoisotopic (exact) mass is 289 g/mol. The maximum atomic E-state index is 12.0. The van der Waals surface area contributed by atoms with E-state index >= 15 is 0 Å². The maximum Gasteiger partial charge on any atom is 0.255 e. The van der Waals surface area contributed by atoms with Crippen LogP contribution in [0.15, 0.2) is 48.5 Å². The molecule has 0 spiro atoms. The molecule has 0 aliphatic carbocycles. The molecule has 0 saturated heterocycles. The highest BCUT2D eigenvalue weighted by Gasteiger charge is 2.08. The van der Waals surface area contributed by atoms with Crippen molar-refractivity contribution in [3.05, 3.63) is 59.1 Å². The zero-order valence-corrected chi connectivity index (χ0v) is 12.1. The van der Waals surface area contributed by atoms with Gasteiger partial charge in [-0.25, -0.2) is 0 Å². The molecule has 0 bridgehead atoms. The van der Waals surface area contributed by atoms with Crippen LogP contribution in [0.25, 0.3) is 0 Å². The molecule has 0 unspecified atom stereocenters. The third-order valence-electron chi connectivity index (χ3n) is 2.59. The molecular weight excluding hydrogens is 274 g/mol. The Morgan fingerprint density at radius 3 is 2.45 bits per heavy atom. The minimum absolute atomic E-state index is 0.0530. The van der Waals surface area contributed by atoms with E-state index in [4.69, 9.17) is 16.3 Å². The van der Waals surface area contributed by atoms with Gasteiger partial charge in [0.05, 0.1) is 11.1 Å². The fraction of sp³-hybridized carbons (Fsp3) is 0.188. The Hall–Kier alpha value is -2.00. The lowest BCUT2D eigenvalue weighted by molar-refractivity contribution is 0.102. The number of hydrogen-bond acceptors (Lipinski definition) is 2. The molecule has 0 aliphatic rings. The van der Waals surface area contributed by atoms with Gasteiger partial charge in [0.2, 0.25) is 0 Å². The first-order valence-electron chi connectivity index (χ1n) is 6.39. The number of anilines is 1. The minimum atomic E-state index is -0.167. The van der Waals surface area contributed by atoms with Crippen molar-refractivity contribution >= 4 is 23.2 Å². The van der Waals surface area contributed by atoms with Gasteiger partial charge in [-0.2, -0.15) is 0 Å². The standard InChI is InChI=1S/C16H16ClNO2/c1-11(2)20-15-9-8-13(10-14(15)17)18-16(19)12-6-4-3-5-7-12/h3-11H,1-2H3,(H,18,19). The number of carbonyl (C=O) groups excluding carboxylic acids is 1. The lowest BCUT2D eigenvalue weighted by Gasteiger charge is -2.12. The molecule has 2 aromatic rings. The van der Waals surface area contributed by atoms with Gasteiger partial charge in [-0.1, -0.05) is 29.8 Å². The van der Waals surface area contributed by atoms with Gasteiger partial charge in [0.15, 0.2) is 0 Å². The second kappa shape index (κ2) is 6.44. The second-order valence-corrected chi connectivity index (χ2v) is 5.04. The Morgan fingerprint density at radius 2 is 1.85 bits per heavy atom. The third kappa shape index (κ3) is 3.75. The molecule has 20 heavy (non-hydrogen) atoms. The van der Waals surface area contributed by atoms with E-state index in [0.717, 1.165) is 0 Å². The number of halogens is 1. The van der Waals surface area contributed by atoms with Crippen LogP contribution in [0.4, 0.5) is 5.69 Å². The maximum absolute atomic E-state index is 12.0. The van der Waals surface area contributed by atoms with Gasteiger partial charge in [0.1, 0.15) is 5.75 Å². The molecule has 1 N–H and O–H groups in total. The Morgan fingerprint density at radius 1 is 1.15 bits per heavy atom. The molecule has 0 heterocycles. The Bertz CT molecular complexity index is 597. The van der Waals surface area contributed by atoms with Crippen molar-refractivity contribution < 1.29 is 9.53 Å². The third-order valence-corrected chi connectivity index (χ3v) is 2.88. The first kappa shape index (κ1) is 14.4. The van der Waals surface area contributed by atoms with Crippen LogP contribution in [0.3, 0.4) is 0 Å². The van der Waals surface area contributed by atoms with E-state index in [0.29, 0.717) is 22.0 Å². The van der Waals surface area contributed by atoms with E-state index in [1.54, 1.807) is 30.3 Å². The molecule has 3 nitrogen and oxygen atoms in total. The molecule has 0 fully saturated rings. The van der Waals surface area contributed by atoms with Crippen LogP contribution in [0.5, 0.6) is 5.75 Å². The van der Waals surface area contributed by atoms with Gasteiger partial charge in [0.25, 0.3) is 5.91 Å². The molecule has 2 rings (SSSR count). The summed E-state index contributed by atoms with van der Waals surface area (Å²) in [5, 5.41) is 3.28. The van der Waals surface area contributed by atoms with Gasteiger partial charge in [-0.3, -0.25) is 4.79 Å². The Labute approximate surface area is 123 Å². The first-order valence-corrected chi connectivity index (χ1v) is 6.76. The number of nitrogens with one attached hydrogen (secondary N) is 1. The quantitative estimate of drug-likeness (QED) is 0.907.